The maximum atomic E-state index is 12.2. The summed E-state index contributed by atoms with van der Waals surface area (Å²) in [6, 6.07) is -4.00. The molecule has 0 aliphatic rings. The molecule has 26 heavy (non-hydrogen) atoms. The van der Waals surface area contributed by atoms with Gasteiger partial charge in [-0.05, 0) is 20.3 Å². The molecule has 0 heterocycles. The zero-order valence-corrected chi connectivity index (χ0v) is 14.4. The van der Waals surface area contributed by atoms with Gasteiger partial charge < -0.3 is 37.0 Å². The molecule has 12 heteroatoms. The number of carbonyl (C=O) groups excluding carboxylic acids is 3. The van der Waals surface area contributed by atoms with Crippen molar-refractivity contribution in [2.75, 3.05) is 6.54 Å². The van der Waals surface area contributed by atoms with E-state index >= 15 is 0 Å². The van der Waals surface area contributed by atoms with Gasteiger partial charge in [-0.1, -0.05) is 0 Å². The summed E-state index contributed by atoms with van der Waals surface area (Å²) in [6.07, 6.45) is -2.01. The van der Waals surface area contributed by atoms with Crippen molar-refractivity contribution in [1.82, 2.24) is 16.0 Å². The molecule has 0 saturated heterocycles. The summed E-state index contributed by atoms with van der Waals surface area (Å²) >= 11 is 0. The van der Waals surface area contributed by atoms with Crippen LogP contribution in [0.4, 0.5) is 0 Å². The predicted octanol–water partition coefficient (Wildman–Crippen LogP) is -3.25. The van der Waals surface area contributed by atoms with E-state index in [-0.39, 0.29) is 6.42 Å². The molecule has 4 unspecified atom stereocenters. The molecule has 0 bridgehead atoms. The van der Waals surface area contributed by atoms with Gasteiger partial charge >= 0.3 is 11.9 Å². The molecule has 8 N–H and O–H groups in total. The van der Waals surface area contributed by atoms with Gasteiger partial charge in [0, 0.05) is 6.42 Å². The van der Waals surface area contributed by atoms with E-state index in [1.165, 1.54) is 13.8 Å². The zero-order valence-electron chi connectivity index (χ0n) is 14.4. The number of aliphatic hydroxyl groups excluding tert-OH is 1. The lowest BCUT2D eigenvalue weighted by atomic mass is 10.1. The molecule has 148 valence electrons. The van der Waals surface area contributed by atoms with Crippen LogP contribution in [0.5, 0.6) is 0 Å². The van der Waals surface area contributed by atoms with Crippen molar-refractivity contribution >= 4 is 29.7 Å². The Morgan fingerprint density at radius 1 is 0.962 bits per heavy atom. The average molecular weight is 376 g/mol. The molecular formula is C14H24N4O8. The van der Waals surface area contributed by atoms with Crippen LogP contribution < -0.4 is 21.7 Å². The van der Waals surface area contributed by atoms with Gasteiger partial charge in [0.25, 0.3) is 0 Å². The second kappa shape index (κ2) is 11.0. The van der Waals surface area contributed by atoms with Crippen molar-refractivity contribution in [1.29, 1.82) is 0 Å². The molecule has 0 aliphatic carbocycles. The van der Waals surface area contributed by atoms with E-state index in [0.29, 0.717) is 0 Å². The highest BCUT2D eigenvalue weighted by atomic mass is 16.4. The number of rotatable bonds is 11. The summed E-state index contributed by atoms with van der Waals surface area (Å²) < 4.78 is 0. The van der Waals surface area contributed by atoms with E-state index in [1.807, 2.05) is 0 Å². The Hall–Kier alpha value is -2.73. The molecule has 0 rings (SSSR count). The minimum Gasteiger partial charge on any atom is -0.481 e. The van der Waals surface area contributed by atoms with Crippen molar-refractivity contribution in [3.8, 4) is 0 Å². The standard InChI is InChI=1S/C14H24N4O8/c1-6(12(23)18-11(7(2)19)14(25)26)16-13(24)8(3-4-10(21)22)17-9(20)5-15/h6-8,11,19H,3-5,15H2,1-2H3,(H,16,24)(H,17,20)(H,18,23)(H,21,22)(H,25,26). The van der Waals surface area contributed by atoms with E-state index < -0.39 is 66.9 Å². The second-order valence-electron chi connectivity index (χ2n) is 5.55. The van der Waals surface area contributed by atoms with Crippen molar-refractivity contribution in [2.24, 2.45) is 5.73 Å². The van der Waals surface area contributed by atoms with E-state index in [4.69, 9.17) is 15.9 Å². The fraction of sp³-hybridized carbons (Fsp3) is 0.643. The SMILES string of the molecule is CC(NC(=O)C(CCC(=O)O)NC(=O)CN)C(=O)NC(C(=O)O)C(C)O. The van der Waals surface area contributed by atoms with Crippen LogP contribution in [0.1, 0.15) is 26.7 Å². The summed E-state index contributed by atoms with van der Waals surface area (Å²) in [5, 5.41) is 33.5. The largest absolute Gasteiger partial charge is 0.481 e. The van der Waals surface area contributed by atoms with Gasteiger partial charge in [-0.2, -0.15) is 0 Å². The normalized spacial score (nSPS) is 15.1. The lowest BCUT2D eigenvalue weighted by Crippen LogP contribution is -2.56. The van der Waals surface area contributed by atoms with Crippen LogP contribution in [-0.2, 0) is 24.0 Å². The predicted molar refractivity (Wildman–Crippen MR) is 86.7 cm³/mol. The highest BCUT2D eigenvalue weighted by molar-refractivity contribution is 5.93. The van der Waals surface area contributed by atoms with Gasteiger partial charge in [-0.25, -0.2) is 4.79 Å². The minimum absolute atomic E-state index is 0.229. The fourth-order valence-electron chi connectivity index (χ4n) is 1.84. The first-order chi connectivity index (χ1) is 12.0. The highest BCUT2D eigenvalue weighted by Gasteiger charge is 2.29. The first-order valence-corrected chi connectivity index (χ1v) is 7.72. The van der Waals surface area contributed by atoms with Crippen molar-refractivity contribution in [3.63, 3.8) is 0 Å². The Kier molecular flexibility index (Phi) is 9.84. The first kappa shape index (κ1) is 23.3. The molecule has 3 amide bonds. The molecule has 0 aromatic carbocycles. The maximum Gasteiger partial charge on any atom is 0.328 e. The molecule has 0 spiro atoms. The van der Waals surface area contributed by atoms with Crippen LogP contribution in [0, 0.1) is 0 Å². The summed E-state index contributed by atoms with van der Waals surface area (Å²) in [4.78, 5) is 57.1. The summed E-state index contributed by atoms with van der Waals surface area (Å²) in [5.41, 5.74) is 5.13. The molecule has 12 nitrogen and oxygen atoms in total. The smallest absolute Gasteiger partial charge is 0.328 e. The van der Waals surface area contributed by atoms with Crippen LogP contribution >= 0.6 is 0 Å². The summed E-state index contributed by atoms with van der Waals surface area (Å²) in [7, 11) is 0. The number of aliphatic carboxylic acids is 2. The Labute approximate surface area is 149 Å². The lowest BCUT2D eigenvalue weighted by Gasteiger charge is -2.23. The molecule has 0 radical (unpaired) electrons. The van der Waals surface area contributed by atoms with Gasteiger partial charge in [0.1, 0.15) is 12.1 Å². The van der Waals surface area contributed by atoms with Gasteiger partial charge in [0.05, 0.1) is 12.6 Å². The fourth-order valence-corrected chi connectivity index (χ4v) is 1.84. The molecule has 4 atom stereocenters. The van der Waals surface area contributed by atoms with Crippen LogP contribution in [-0.4, -0.2) is 75.8 Å². The number of nitrogens with two attached hydrogens (primary N) is 1. The summed E-state index contributed by atoms with van der Waals surface area (Å²) in [5.74, 6) is -5.04. The first-order valence-electron chi connectivity index (χ1n) is 7.72. The number of carboxylic acid groups (broad SMARTS) is 2. The minimum atomic E-state index is -1.57. The number of aliphatic hydroxyl groups is 1. The quantitative estimate of drug-likeness (QED) is 0.193. The highest BCUT2D eigenvalue weighted by Crippen LogP contribution is 2.00. The molecular weight excluding hydrogens is 352 g/mol. The zero-order chi connectivity index (χ0) is 20.4. The molecule has 0 aromatic heterocycles. The van der Waals surface area contributed by atoms with Gasteiger partial charge in [-0.3, -0.25) is 19.2 Å². The Morgan fingerprint density at radius 2 is 1.54 bits per heavy atom. The van der Waals surface area contributed by atoms with Crippen LogP contribution in [0.2, 0.25) is 0 Å². The molecule has 0 fully saturated rings. The van der Waals surface area contributed by atoms with Crippen molar-refractivity contribution in [3.05, 3.63) is 0 Å². The van der Waals surface area contributed by atoms with E-state index in [1.54, 1.807) is 0 Å². The van der Waals surface area contributed by atoms with E-state index in [0.717, 1.165) is 0 Å². The number of carbonyl (C=O) groups is 5. The van der Waals surface area contributed by atoms with E-state index in [2.05, 4.69) is 16.0 Å². The third-order valence-electron chi connectivity index (χ3n) is 3.28. The topological polar surface area (TPSA) is 208 Å². The van der Waals surface area contributed by atoms with Crippen LogP contribution in [0.15, 0.2) is 0 Å². The molecule has 0 aliphatic heterocycles. The van der Waals surface area contributed by atoms with Gasteiger partial charge in [0.2, 0.25) is 17.7 Å². The number of hydrogen-bond acceptors (Lipinski definition) is 7. The average Bonchev–Trinajstić information content (AvgIpc) is 2.54. The van der Waals surface area contributed by atoms with E-state index in [9.17, 15) is 29.1 Å². The van der Waals surface area contributed by atoms with Gasteiger partial charge in [-0.15, -0.1) is 0 Å². The second-order valence-corrected chi connectivity index (χ2v) is 5.55. The third kappa shape index (κ3) is 8.39. The Morgan fingerprint density at radius 3 is 1.96 bits per heavy atom. The molecule has 0 saturated carbocycles. The number of amides is 3. The van der Waals surface area contributed by atoms with Crippen molar-refractivity contribution < 1.29 is 39.3 Å². The Bertz CT molecular complexity index is 551. The Balaban J connectivity index is 4.92. The maximum absolute atomic E-state index is 12.2. The third-order valence-corrected chi connectivity index (χ3v) is 3.28. The number of nitrogens with one attached hydrogen (secondary N) is 3. The number of carboxylic acids is 2. The lowest BCUT2D eigenvalue weighted by molar-refractivity contribution is -0.145. The van der Waals surface area contributed by atoms with Gasteiger partial charge in [0.15, 0.2) is 6.04 Å². The molecule has 0 aromatic rings. The van der Waals surface area contributed by atoms with Crippen LogP contribution in [0.3, 0.4) is 0 Å². The summed E-state index contributed by atoms with van der Waals surface area (Å²) in [6.45, 7) is 2.02. The number of hydrogen-bond donors (Lipinski definition) is 7. The van der Waals surface area contributed by atoms with Crippen molar-refractivity contribution in [2.45, 2.75) is 50.9 Å². The van der Waals surface area contributed by atoms with Crippen LogP contribution in [0.25, 0.3) is 0 Å². The monoisotopic (exact) mass is 376 g/mol.